The van der Waals surface area contributed by atoms with Crippen molar-refractivity contribution < 1.29 is 31.1 Å². The van der Waals surface area contributed by atoms with Gasteiger partial charge in [-0.2, -0.15) is 26.3 Å². The highest BCUT2D eigenvalue weighted by molar-refractivity contribution is 5.89. The monoisotopic (exact) mass is 415 g/mol. The number of benzene rings is 2. The number of hydrogen-bond acceptors (Lipinski definition) is 4. The molecule has 0 aliphatic heterocycles. The highest BCUT2D eigenvalue weighted by Crippen LogP contribution is 2.30. The summed E-state index contributed by atoms with van der Waals surface area (Å²) in [6.45, 7) is -1.36. The van der Waals surface area contributed by atoms with Crippen LogP contribution in [0.25, 0.3) is 10.9 Å². The number of fused-ring (bicyclic) bond motifs is 1. The molecule has 0 unspecified atom stereocenters. The van der Waals surface area contributed by atoms with E-state index < -0.39 is 24.8 Å². The Bertz CT molecular complexity index is 970. The molecular formula is C19H15F6N3O. The lowest BCUT2D eigenvalue weighted by molar-refractivity contribution is -0.176. The van der Waals surface area contributed by atoms with Gasteiger partial charge in [0.25, 0.3) is 0 Å². The first-order valence-electron chi connectivity index (χ1n) is 8.42. The molecule has 3 aromatic rings. The number of nitrogens with zero attached hydrogens (tertiary/aromatic N) is 2. The number of hydrogen-bond donors (Lipinski definition) is 1. The van der Waals surface area contributed by atoms with Crippen LogP contribution in [0.2, 0.25) is 0 Å². The van der Waals surface area contributed by atoms with Crippen LogP contribution in [0.15, 0.2) is 48.5 Å². The highest BCUT2D eigenvalue weighted by atomic mass is 19.4. The molecular weight excluding hydrogens is 400 g/mol. The third kappa shape index (κ3) is 5.80. The van der Waals surface area contributed by atoms with Crippen molar-refractivity contribution in [2.75, 3.05) is 11.9 Å². The van der Waals surface area contributed by atoms with Gasteiger partial charge in [0.15, 0.2) is 0 Å². The molecule has 1 heterocycles. The summed E-state index contributed by atoms with van der Waals surface area (Å²) in [5.41, 5.74) is 1.42. The quantitative estimate of drug-likeness (QED) is 0.552. The zero-order valence-electron chi connectivity index (χ0n) is 14.8. The standard InChI is InChI=1S/C19H15F6N3O/c20-18(21,22)11-29-10-13-7-5-12(6-8-13)9-26-16-14-3-1-2-4-15(14)27-17(28-16)19(23,24)25/h1-8H,9-11H2,(H,26,27,28). The van der Waals surface area contributed by atoms with Gasteiger partial charge >= 0.3 is 12.4 Å². The van der Waals surface area contributed by atoms with Gasteiger partial charge in [-0.15, -0.1) is 0 Å². The van der Waals surface area contributed by atoms with Gasteiger partial charge in [-0.1, -0.05) is 36.4 Å². The van der Waals surface area contributed by atoms with Crippen LogP contribution in [0.5, 0.6) is 0 Å². The minimum atomic E-state index is -4.68. The number of nitrogens with one attached hydrogen (secondary N) is 1. The van der Waals surface area contributed by atoms with E-state index in [1.54, 1.807) is 42.5 Å². The lowest BCUT2D eigenvalue weighted by atomic mass is 10.1. The van der Waals surface area contributed by atoms with Gasteiger partial charge in [-0.05, 0) is 23.3 Å². The molecule has 0 spiro atoms. The molecule has 4 nitrogen and oxygen atoms in total. The zero-order valence-corrected chi connectivity index (χ0v) is 14.8. The molecule has 0 amide bonds. The normalized spacial score (nSPS) is 12.3. The van der Waals surface area contributed by atoms with E-state index in [0.29, 0.717) is 16.5 Å². The molecule has 0 radical (unpaired) electrons. The summed E-state index contributed by atoms with van der Waals surface area (Å²) in [6, 6.07) is 12.8. The lowest BCUT2D eigenvalue weighted by Gasteiger charge is -2.12. The van der Waals surface area contributed by atoms with Crippen molar-refractivity contribution in [3.05, 3.63) is 65.5 Å². The fourth-order valence-corrected chi connectivity index (χ4v) is 2.56. The van der Waals surface area contributed by atoms with Gasteiger partial charge in [0.2, 0.25) is 5.82 Å². The van der Waals surface area contributed by atoms with Crippen LogP contribution in [0.1, 0.15) is 17.0 Å². The van der Waals surface area contributed by atoms with Crippen molar-refractivity contribution in [1.29, 1.82) is 0 Å². The van der Waals surface area contributed by atoms with Crippen molar-refractivity contribution in [2.24, 2.45) is 0 Å². The van der Waals surface area contributed by atoms with Gasteiger partial charge in [0.05, 0.1) is 12.1 Å². The second-order valence-corrected chi connectivity index (χ2v) is 6.19. The first-order chi connectivity index (χ1) is 13.6. The Labute approximate surface area is 161 Å². The van der Waals surface area contributed by atoms with E-state index in [4.69, 9.17) is 0 Å². The van der Waals surface area contributed by atoms with E-state index in [9.17, 15) is 26.3 Å². The maximum atomic E-state index is 13.0. The average Bonchev–Trinajstić information content (AvgIpc) is 2.65. The number of alkyl halides is 6. The second-order valence-electron chi connectivity index (χ2n) is 6.19. The molecule has 3 rings (SSSR count). The fraction of sp³-hybridized carbons (Fsp3) is 0.263. The number of anilines is 1. The van der Waals surface area contributed by atoms with Crippen molar-refractivity contribution in [2.45, 2.75) is 25.5 Å². The summed E-state index contributed by atoms with van der Waals surface area (Å²) in [4.78, 5) is 7.14. The van der Waals surface area contributed by atoms with E-state index in [-0.39, 0.29) is 24.5 Å². The maximum absolute atomic E-state index is 13.0. The van der Waals surface area contributed by atoms with Crippen LogP contribution < -0.4 is 5.32 Å². The fourth-order valence-electron chi connectivity index (χ4n) is 2.56. The summed E-state index contributed by atoms with van der Waals surface area (Å²) < 4.78 is 80.0. The molecule has 10 heteroatoms. The average molecular weight is 415 g/mol. The highest BCUT2D eigenvalue weighted by Gasteiger charge is 2.35. The summed E-state index contributed by atoms with van der Waals surface area (Å²) in [6.07, 6.45) is -9.07. The Morgan fingerprint density at radius 2 is 1.48 bits per heavy atom. The second kappa shape index (κ2) is 8.24. The van der Waals surface area contributed by atoms with Crippen molar-refractivity contribution in [3.63, 3.8) is 0 Å². The van der Waals surface area contributed by atoms with Crippen LogP contribution in [-0.2, 0) is 24.1 Å². The maximum Gasteiger partial charge on any atom is 0.451 e. The van der Waals surface area contributed by atoms with Crippen LogP contribution in [-0.4, -0.2) is 22.8 Å². The molecule has 29 heavy (non-hydrogen) atoms. The predicted molar refractivity (Wildman–Crippen MR) is 94.0 cm³/mol. The molecule has 0 saturated heterocycles. The first kappa shape index (κ1) is 20.8. The van der Waals surface area contributed by atoms with Gasteiger partial charge in [-0.25, -0.2) is 9.97 Å². The Hall–Kier alpha value is -2.88. The smallest absolute Gasteiger partial charge is 0.367 e. The molecule has 0 atom stereocenters. The minimum absolute atomic E-state index is 0.0421. The molecule has 0 aliphatic carbocycles. The SMILES string of the molecule is FC(F)(F)COCc1ccc(CNc2nc(C(F)(F)F)nc3ccccc23)cc1. The Balaban J connectivity index is 1.70. The molecule has 2 aromatic carbocycles. The van der Waals surface area contributed by atoms with Gasteiger partial charge in [0, 0.05) is 11.9 Å². The summed E-state index contributed by atoms with van der Waals surface area (Å²) in [7, 11) is 0. The number of halogens is 6. The molecule has 1 aromatic heterocycles. The Morgan fingerprint density at radius 1 is 0.828 bits per heavy atom. The topological polar surface area (TPSA) is 47.0 Å². The summed E-state index contributed by atoms with van der Waals surface area (Å²) >= 11 is 0. The van der Waals surface area contributed by atoms with Crippen molar-refractivity contribution in [1.82, 2.24) is 9.97 Å². The minimum Gasteiger partial charge on any atom is -0.367 e. The molecule has 0 saturated carbocycles. The molecule has 0 aliphatic rings. The molecule has 0 fully saturated rings. The number of para-hydroxylation sites is 1. The predicted octanol–water partition coefficient (Wildman–Crippen LogP) is 5.34. The van der Waals surface area contributed by atoms with E-state index >= 15 is 0 Å². The first-order valence-corrected chi connectivity index (χ1v) is 8.42. The van der Waals surface area contributed by atoms with Crippen molar-refractivity contribution in [3.8, 4) is 0 Å². The van der Waals surface area contributed by atoms with Gasteiger partial charge in [0.1, 0.15) is 12.4 Å². The largest absolute Gasteiger partial charge is 0.451 e. The van der Waals surface area contributed by atoms with Crippen LogP contribution >= 0.6 is 0 Å². The van der Waals surface area contributed by atoms with E-state index in [0.717, 1.165) is 0 Å². The van der Waals surface area contributed by atoms with E-state index in [1.165, 1.54) is 6.07 Å². The van der Waals surface area contributed by atoms with Crippen LogP contribution in [0.4, 0.5) is 32.2 Å². The summed E-state index contributed by atoms with van der Waals surface area (Å²) in [5, 5.41) is 3.31. The van der Waals surface area contributed by atoms with Gasteiger partial charge < -0.3 is 10.1 Å². The Kier molecular flexibility index (Phi) is 5.92. The summed E-state index contributed by atoms with van der Waals surface area (Å²) in [5.74, 6) is -1.20. The van der Waals surface area contributed by atoms with Crippen molar-refractivity contribution >= 4 is 16.7 Å². The van der Waals surface area contributed by atoms with Crippen LogP contribution in [0, 0.1) is 0 Å². The third-order valence-electron chi connectivity index (χ3n) is 3.87. The lowest BCUT2D eigenvalue weighted by Crippen LogP contribution is -2.16. The third-order valence-corrected chi connectivity index (χ3v) is 3.87. The number of ether oxygens (including phenoxy) is 1. The molecule has 154 valence electrons. The van der Waals surface area contributed by atoms with E-state index in [2.05, 4.69) is 20.0 Å². The number of aromatic nitrogens is 2. The zero-order chi connectivity index (χ0) is 21.1. The number of rotatable bonds is 6. The molecule has 1 N–H and O–H groups in total. The van der Waals surface area contributed by atoms with E-state index in [1.807, 2.05) is 0 Å². The molecule has 0 bridgehead atoms. The van der Waals surface area contributed by atoms with Gasteiger partial charge in [-0.3, -0.25) is 0 Å². The van der Waals surface area contributed by atoms with Crippen LogP contribution in [0.3, 0.4) is 0 Å². The Morgan fingerprint density at radius 3 is 2.14 bits per heavy atom.